The van der Waals surface area contributed by atoms with Gasteiger partial charge in [0.05, 0.1) is 21.3 Å². The zero-order valence-corrected chi connectivity index (χ0v) is 16.2. The van der Waals surface area contributed by atoms with Crippen LogP contribution in [0.25, 0.3) is 0 Å². The van der Waals surface area contributed by atoms with E-state index in [1.807, 2.05) is 0 Å². The van der Waals surface area contributed by atoms with Gasteiger partial charge in [-0.2, -0.15) is 0 Å². The largest absolute Gasteiger partial charge is 0.493 e. The normalized spacial score (nSPS) is 13.8. The summed E-state index contributed by atoms with van der Waals surface area (Å²) in [5.41, 5.74) is 0.658. The maximum Gasteiger partial charge on any atom is 0.334 e. The highest BCUT2D eigenvalue weighted by Crippen LogP contribution is 2.38. The number of nitrogens with zero attached hydrogens (tertiary/aromatic N) is 2. The van der Waals surface area contributed by atoms with Crippen LogP contribution in [-0.4, -0.2) is 68.0 Å². The molecular formula is C18H23N3O7. The Bertz CT molecular complexity index is 768. The monoisotopic (exact) mass is 393 g/mol. The van der Waals surface area contributed by atoms with Gasteiger partial charge in [0.2, 0.25) is 11.7 Å². The quantitative estimate of drug-likeness (QED) is 0.481. The number of hydrogen-bond acceptors (Lipinski definition) is 7. The van der Waals surface area contributed by atoms with Crippen molar-refractivity contribution in [2.75, 3.05) is 34.4 Å². The Hall–Kier alpha value is -3.30. The van der Waals surface area contributed by atoms with Crippen molar-refractivity contribution in [2.24, 2.45) is 0 Å². The number of urea groups is 1. The van der Waals surface area contributed by atoms with Crippen LogP contribution in [0, 0.1) is 0 Å². The molecule has 1 aliphatic heterocycles. The number of rotatable bonds is 9. The fourth-order valence-corrected chi connectivity index (χ4v) is 2.75. The molecule has 152 valence electrons. The first-order chi connectivity index (χ1) is 13.4. The van der Waals surface area contributed by atoms with E-state index in [0.717, 1.165) is 4.90 Å². The molecule has 0 aliphatic carbocycles. The summed E-state index contributed by atoms with van der Waals surface area (Å²) < 4.78 is 15.7. The highest BCUT2D eigenvalue weighted by atomic mass is 16.5. The molecule has 0 spiro atoms. The Morgan fingerprint density at radius 3 is 2.04 bits per heavy atom. The number of imide groups is 2. The fourth-order valence-electron chi connectivity index (χ4n) is 2.75. The van der Waals surface area contributed by atoms with E-state index in [4.69, 9.17) is 14.2 Å². The SMILES string of the molecule is CCCN1C(=O)C(=O)N(CC(=O)NCc2cc(OC)c(OC)c(OC)c2)C1=O. The average molecular weight is 393 g/mol. The molecule has 1 aromatic rings. The molecule has 0 atom stereocenters. The smallest absolute Gasteiger partial charge is 0.334 e. The molecule has 1 N–H and O–H groups in total. The first-order valence-corrected chi connectivity index (χ1v) is 8.60. The van der Waals surface area contributed by atoms with Crippen LogP contribution >= 0.6 is 0 Å². The second-order valence-corrected chi connectivity index (χ2v) is 5.94. The van der Waals surface area contributed by atoms with Gasteiger partial charge in [0.15, 0.2) is 11.5 Å². The van der Waals surface area contributed by atoms with Gasteiger partial charge in [-0.05, 0) is 24.1 Å². The number of carbonyl (C=O) groups is 4. The molecule has 1 aliphatic rings. The highest BCUT2D eigenvalue weighted by Gasteiger charge is 2.44. The van der Waals surface area contributed by atoms with E-state index in [1.54, 1.807) is 19.1 Å². The lowest BCUT2D eigenvalue weighted by atomic mass is 10.1. The zero-order chi connectivity index (χ0) is 20.8. The van der Waals surface area contributed by atoms with Crippen LogP contribution in [0.5, 0.6) is 17.2 Å². The molecule has 2 rings (SSSR count). The van der Waals surface area contributed by atoms with Crippen LogP contribution < -0.4 is 19.5 Å². The summed E-state index contributed by atoms with van der Waals surface area (Å²) in [5, 5.41) is 2.60. The Morgan fingerprint density at radius 1 is 0.964 bits per heavy atom. The molecule has 0 aromatic heterocycles. The predicted molar refractivity (Wildman–Crippen MR) is 97.1 cm³/mol. The van der Waals surface area contributed by atoms with Crippen LogP contribution in [0.3, 0.4) is 0 Å². The molecule has 1 saturated heterocycles. The second kappa shape index (κ2) is 9.07. The molecule has 0 bridgehead atoms. The molecular weight excluding hydrogens is 370 g/mol. The number of nitrogens with one attached hydrogen (secondary N) is 1. The van der Waals surface area contributed by atoms with Crippen LogP contribution in [0.15, 0.2) is 12.1 Å². The van der Waals surface area contributed by atoms with Gasteiger partial charge < -0.3 is 19.5 Å². The summed E-state index contributed by atoms with van der Waals surface area (Å²) in [6, 6.07) is 2.56. The van der Waals surface area contributed by atoms with Crippen molar-refractivity contribution in [1.82, 2.24) is 15.1 Å². The number of methoxy groups -OCH3 is 3. The van der Waals surface area contributed by atoms with Crippen LogP contribution in [0.2, 0.25) is 0 Å². The zero-order valence-electron chi connectivity index (χ0n) is 16.2. The third kappa shape index (κ3) is 4.16. The van der Waals surface area contributed by atoms with Gasteiger partial charge in [0, 0.05) is 13.1 Å². The van der Waals surface area contributed by atoms with Crippen molar-refractivity contribution in [3.63, 3.8) is 0 Å². The molecule has 5 amide bonds. The van der Waals surface area contributed by atoms with Crippen molar-refractivity contribution in [3.05, 3.63) is 17.7 Å². The molecule has 0 saturated carbocycles. The third-order valence-corrected chi connectivity index (χ3v) is 4.10. The number of benzene rings is 1. The van der Waals surface area contributed by atoms with Crippen molar-refractivity contribution < 1.29 is 33.4 Å². The van der Waals surface area contributed by atoms with Gasteiger partial charge in [0.1, 0.15) is 6.54 Å². The van der Waals surface area contributed by atoms with E-state index in [1.165, 1.54) is 21.3 Å². The van der Waals surface area contributed by atoms with E-state index in [2.05, 4.69) is 5.32 Å². The minimum absolute atomic E-state index is 0.0956. The number of hydrogen-bond donors (Lipinski definition) is 1. The van der Waals surface area contributed by atoms with E-state index in [-0.39, 0.29) is 13.1 Å². The predicted octanol–water partition coefficient (Wildman–Crippen LogP) is 0.529. The van der Waals surface area contributed by atoms with E-state index in [0.29, 0.717) is 34.1 Å². The standard InChI is InChI=1S/C18H23N3O7/c1-5-6-20-16(23)17(24)21(18(20)25)10-14(22)19-9-11-7-12(26-2)15(28-4)13(8-11)27-3/h7-8H,5-6,9-10H2,1-4H3,(H,19,22). The van der Waals surface area contributed by atoms with E-state index < -0.39 is 30.3 Å². The maximum atomic E-state index is 12.2. The van der Waals surface area contributed by atoms with Crippen molar-refractivity contribution >= 4 is 23.8 Å². The minimum atomic E-state index is -0.999. The number of ether oxygens (including phenoxy) is 3. The summed E-state index contributed by atoms with van der Waals surface area (Å²) in [4.78, 5) is 49.6. The Balaban J connectivity index is 2.04. The topological polar surface area (TPSA) is 114 Å². The molecule has 10 nitrogen and oxygen atoms in total. The average Bonchev–Trinajstić information content (AvgIpc) is 2.89. The number of amides is 5. The summed E-state index contributed by atoms with van der Waals surface area (Å²) in [5.74, 6) is -1.22. The van der Waals surface area contributed by atoms with Gasteiger partial charge in [-0.25, -0.2) is 9.69 Å². The van der Waals surface area contributed by atoms with Crippen LogP contribution in [0.1, 0.15) is 18.9 Å². The van der Waals surface area contributed by atoms with Crippen molar-refractivity contribution in [3.8, 4) is 17.2 Å². The summed E-state index contributed by atoms with van der Waals surface area (Å²) in [6.45, 7) is 1.47. The van der Waals surface area contributed by atoms with Gasteiger partial charge in [-0.3, -0.25) is 19.3 Å². The summed E-state index contributed by atoms with van der Waals surface area (Å²) in [7, 11) is 4.43. The Morgan fingerprint density at radius 2 is 1.54 bits per heavy atom. The first-order valence-electron chi connectivity index (χ1n) is 8.60. The van der Waals surface area contributed by atoms with Crippen LogP contribution in [0.4, 0.5) is 4.79 Å². The summed E-state index contributed by atoms with van der Waals surface area (Å²) in [6.07, 6.45) is 0.520. The lowest BCUT2D eigenvalue weighted by Crippen LogP contribution is -2.41. The minimum Gasteiger partial charge on any atom is -0.493 e. The van der Waals surface area contributed by atoms with Gasteiger partial charge in [-0.15, -0.1) is 0 Å². The molecule has 10 heteroatoms. The number of carbonyl (C=O) groups excluding carboxylic acids is 4. The molecule has 1 fully saturated rings. The molecule has 0 radical (unpaired) electrons. The maximum absolute atomic E-state index is 12.2. The molecule has 0 unspecified atom stereocenters. The second-order valence-electron chi connectivity index (χ2n) is 5.94. The van der Waals surface area contributed by atoms with Gasteiger partial charge in [-0.1, -0.05) is 6.92 Å². The summed E-state index contributed by atoms with van der Waals surface area (Å²) >= 11 is 0. The van der Waals surface area contributed by atoms with Crippen LogP contribution in [-0.2, 0) is 20.9 Å². The third-order valence-electron chi connectivity index (χ3n) is 4.10. The van der Waals surface area contributed by atoms with E-state index >= 15 is 0 Å². The lowest BCUT2D eigenvalue weighted by Gasteiger charge is -2.16. The molecule has 1 aromatic carbocycles. The molecule has 28 heavy (non-hydrogen) atoms. The Kier molecular flexibility index (Phi) is 6.80. The highest BCUT2D eigenvalue weighted by molar-refractivity contribution is 6.45. The Labute approximate surface area is 162 Å². The lowest BCUT2D eigenvalue weighted by molar-refractivity contribution is -0.144. The first kappa shape index (κ1) is 21.0. The van der Waals surface area contributed by atoms with Gasteiger partial charge >= 0.3 is 17.8 Å². The van der Waals surface area contributed by atoms with Crippen molar-refractivity contribution in [2.45, 2.75) is 19.9 Å². The molecule has 1 heterocycles. The van der Waals surface area contributed by atoms with Crippen molar-refractivity contribution in [1.29, 1.82) is 0 Å². The fraction of sp³-hybridized carbons (Fsp3) is 0.444. The van der Waals surface area contributed by atoms with Gasteiger partial charge in [0.25, 0.3) is 0 Å². The van der Waals surface area contributed by atoms with E-state index in [9.17, 15) is 19.2 Å².